The minimum atomic E-state index is -0.0345. The van der Waals surface area contributed by atoms with Gasteiger partial charge >= 0.3 is 0 Å². The third kappa shape index (κ3) is 4.31. The van der Waals surface area contributed by atoms with Gasteiger partial charge in [-0.25, -0.2) is 4.98 Å². The maximum Gasteiger partial charge on any atom is 0.196 e. The molecule has 5 heteroatoms. The molecule has 0 aliphatic heterocycles. The van der Waals surface area contributed by atoms with Gasteiger partial charge in [-0.15, -0.1) is 11.3 Å². The maximum atomic E-state index is 12.6. The van der Waals surface area contributed by atoms with Gasteiger partial charge in [-0.2, -0.15) is 0 Å². The number of nitrogens with zero attached hydrogens (tertiary/aromatic N) is 2. The molecule has 1 heterocycles. The third-order valence-electron chi connectivity index (χ3n) is 4.36. The predicted molar refractivity (Wildman–Crippen MR) is 111 cm³/mol. The van der Waals surface area contributed by atoms with Crippen molar-refractivity contribution in [2.75, 3.05) is 6.54 Å². The van der Waals surface area contributed by atoms with Crippen LogP contribution in [0.3, 0.4) is 0 Å². The van der Waals surface area contributed by atoms with Crippen molar-refractivity contribution in [3.8, 4) is 16.3 Å². The number of aromatic hydroxyl groups is 1. The molecule has 1 N–H and O–H groups in total. The number of carbonyl (C=O) groups is 1. The molecule has 0 atom stereocenters. The van der Waals surface area contributed by atoms with Crippen molar-refractivity contribution in [3.63, 3.8) is 0 Å². The Morgan fingerprint density at radius 2 is 1.89 bits per heavy atom. The highest BCUT2D eigenvalue weighted by Gasteiger charge is 2.16. The SMILES string of the molecule is Cc1ccc(-c2nc(C)c(C(=O)CN=Cc3ccc(O)c(C)c3)s2)c(C)c1. The van der Waals surface area contributed by atoms with Gasteiger partial charge in [0.2, 0.25) is 0 Å². The van der Waals surface area contributed by atoms with Crippen LogP contribution in [0.2, 0.25) is 0 Å². The van der Waals surface area contributed by atoms with Gasteiger partial charge in [0, 0.05) is 11.8 Å². The minimum absolute atomic E-state index is 0.0345. The molecule has 0 saturated carbocycles. The zero-order valence-corrected chi connectivity index (χ0v) is 16.7. The van der Waals surface area contributed by atoms with Gasteiger partial charge in [0.15, 0.2) is 5.78 Å². The summed E-state index contributed by atoms with van der Waals surface area (Å²) in [4.78, 5) is 22.1. The van der Waals surface area contributed by atoms with E-state index in [0.717, 1.165) is 33.0 Å². The van der Waals surface area contributed by atoms with Crippen molar-refractivity contribution in [3.05, 3.63) is 69.2 Å². The summed E-state index contributed by atoms with van der Waals surface area (Å²) in [5, 5.41) is 10.4. The summed E-state index contributed by atoms with van der Waals surface area (Å²) >= 11 is 1.42. The standard InChI is InChI=1S/C22H22N2O2S/c1-13-5-7-18(14(2)9-13)22-24-16(4)21(27-22)20(26)12-23-11-17-6-8-19(25)15(3)10-17/h5-11,25H,12H2,1-4H3. The second kappa shape index (κ2) is 7.84. The Labute approximate surface area is 163 Å². The number of aromatic nitrogens is 1. The van der Waals surface area contributed by atoms with E-state index >= 15 is 0 Å². The predicted octanol–water partition coefficient (Wildman–Crippen LogP) is 5.05. The van der Waals surface area contributed by atoms with Crippen molar-refractivity contribution in [1.29, 1.82) is 0 Å². The lowest BCUT2D eigenvalue weighted by atomic mass is 10.1. The molecule has 0 unspecified atom stereocenters. The number of rotatable bonds is 5. The fourth-order valence-corrected chi connectivity index (χ4v) is 3.98. The molecule has 0 fully saturated rings. The average molecular weight is 378 g/mol. The first-order chi connectivity index (χ1) is 12.8. The lowest BCUT2D eigenvalue weighted by Gasteiger charge is -2.02. The molecule has 3 aromatic rings. The second-order valence-corrected chi connectivity index (χ2v) is 7.69. The molecule has 0 aliphatic carbocycles. The fraction of sp³-hybridized carbons (Fsp3) is 0.227. The summed E-state index contributed by atoms with van der Waals surface area (Å²) in [5.41, 5.74) is 5.81. The number of hydrogen-bond donors (Lipinski definition) is 1. The number of hydrogen-bond acceptors (Lipinski definition) is 5. The summed E-state index contributed by atoms with van der Waals surface area (Å²) in [5.74, 6) is 0.218. The topological polar surface area (TPSA) is 62.5 Å². The van der Waals surface area contributed by atoms with Gasteiger partial charge in [-0.1, -0.05) is 23.8 Å². The Balaban J connectivity index is 1.76. The number of carbonyl (C=O) groups excluding carboxylic acids is 1. The van der Waals surface area contributed by atoms with E-state index in [0.29, 0.717) is 4.88 Å². The molecule has 0 spiro atoms. The van der Waals surface area contributed by atoms with Gasteiger partial charge in [-0.05, 0) is 62.6 Å². The molecule has 138 valence electrons. The van der Waals surface area contributed by atoms with Crippen LogP contribution >= 0.6 is 11.3 Å². The van der Waals surface area contributed by atoms with Crippen LogP contribution in [-0.2, 0) is 0 Å². The molecular weight excluding hydrogens is 356 g/mol. The van der Waals surface area contributed by atoms with Gasteiger partial charge in [0.1, 0.15) is 17.3 Å². The lowest BCUT2D eigenvalue weighted by molar-refractivity contribution is 0.100. The number of Topliss-reactive ketones (excluding diaryl/α,β-unsaturated/α-hetero) is 1. The summed E-state index contributed by atoms with van der Waals surface area (Å²) in [6, 6.07) is 11.5. The average Bonchev–Trinajstić information content (AvgIpc) is 2.99. The van der Waals surface area contributed by atoms with E-state index in [1.54, 1.807) is 18.3 Å². The summed E-state index contributed by atoms with van der Waals surface area (Å²) in [6.07, 6.45) is 1.66. The van der Waals surface area contributed by atoms with Gasteiger partial charge in [-0.3, -0.25) is 9.79 Å². The van der Waals surface area contributed by atoms with E-state index in [9.17, 15) is 9.90 Å². The zero-order valence-electron chi connectivity index (χ0n) is 15.9. The van der Waals surface area contributed by atoms with Crippen LogP contribution < -0.4 is 0 Å². The van der Waals surface area contributed by atoms with Crippen molar-refractivity contribution < 1.29 is 9.90 Å². The first-order valence-electron chi connectivity index (χ1n) is 8.73. The van der Waals surface area contributed by atoms with Gasteiger partial charge in [0.05, 0.1) is 10.6 Å². The zero-order chi connectivity index (χ0) is 19.6. The second-order valence-electron chi connectivity index (χ2n) is 6.69. The van der Waals surface area contributed by atoms with Crippen LogP contribution in [0, 0.1) is 27.7 Å². The first-order valence-corrected chi connectivity index (χ1v) is 9.54. The van der Waals surface area contributed by atoms with Crippen LogP contribution in [0.25, 0.3) is 10.6 Å². The van der Waals surface area contributed by atoms with Crippen LogP contribution in [0.1, 0.15) is 37.6 Å². The van der Waals surface area contributed by atoms with Crippen LogP contribution in [0.5, 0.6) is 5.75 Å². The molecule has 0 radical (unpaired) electrons. The number of thiazole rings is 1. The first kappa shape index (κ1) is 19.0. The minimum Gasteiger partial charge on any atom is -0.508 e. The normalized spacial score (nSPS) is 11.3. The summed E-state index contributed by atoms with van der Waals surface area (Å²) in [6.45, 7) is 7.89. The van der Waals surface area contributed by atoms with E-state index in [-0.39, 0.29) is 18.1 Å². The number of benzene rings is 2. The summed E-state index contributed by atoms with van der Waals surface area (Å²) < 4.78 is 0. The molecule has 3 rings (SSSR count). The quantitative estimate of drug-likeness (QED) is 0.499. The van der Waals surface area contributed by atoms with Gasteiger partial charge < -0.3 is 5.11 Å². The molecular formula is C22H22N2O2S. The number of phenolic OH excluding ortho intramolecular Hbond substituents is 1. The molecule has 1 aromatic heterocycles. The number of aryl methyl sites for hydroxylation is 4. The highest BCUT2D eigenvalue weighted by Crippen LogP contribution is 2.31. The van der Waals surface area contributed by atoms with Crippen LogP contribution in [0.4, 0.5) is 0 Å². The van der Waals surface area contributed by atoms with Gasteiger partial charge in [0.25, 0.3) is 0 Å². The Kier molecular flexibility index (Phi) is 5.51. The van der Waals surface area contributed by atoms with Crippen molar-refractivity contribution in [2.24, 2.45) is 4.99 Å². The molecule has 0 bridgehead atoms. The monoisotopic (exact) mass is 378 g/mol. The molecule has 27 heavy (non-hydrogen) atoms. The molecule has 2 aromatic carbocycles. The number of phenols is 1. The number of aliphatic imine (C=N–C) groups is 1. The number of ketones is 1. The van der Waals surface area contributed by atoms with Crippen LogP contribution in [0.15, 0.2) is 41.4 Å². The lowest BCUT2D eigenvalue weighted by Crippen LogP contribution is -2.03. The van der Waals surface area contributed by atoms with Crippen molar-refractivity contribution in [2.45, 2.75) is 27.7 Å². The van der Waals surface area contributed by atoms with Crippen molar-refractivity contribution >= 4 is 23.3 Å². The highest BCUT2D eigenvalue weighted by atomic mass is 32.1. The Morgan fingerprint density at radius 1 is 1.11 bits per heavy atom. The van der Waals surface area contributed by atoms with E-state index in [4.69, 9.17) is 0 Å². The van der Waals surface area contributed by atoms with E-state index < -0.39 is 0 Å². The molecule has 0 saturated heterocycles. The molecule has 0 amide bonds. The maximum absolute atomic E-state index is 12.6. The molecule has 0 aliphatic rings. The molecule has 4 nitrogen and oxygen atoms in total. The third-order valence-corrected chi connectivity index (χ3v) is 5.59. The Bertz CT molecular complexity index is 1030. The van der Waals surface area contributed by atoms with E-state index in [1.165, 1.54) is 16.9 Å². The smallest absolute Gasteiger partial charge is 0.196 e. The van der Waals surface area contributed by atoms with E-state index in [1.807, 2.05) is 19.9 Å². The highest BCUT2D eigenvalue weighted by molar-refractivity contribution is 7.17. The fourth-order valence-electron chi connectivity index (χ4n) is 2.89. The van der Waals surface area contributed by atoms with Crippen molar-refractivity contribution in [1.82, 2.24) is 4.98 Å². The van der Waals surface area contributed by atoms with Crippen LogP contribution in [-0.4, -0.2) is 28.6 Å². The Hall–Kier alpha value is -2.79. The summed E-state index contributed by atoms with van der Waals surface area (Å²) in [7, 11) is 0. The Morgan fingerprint density at radius 3 is 2.59 bits per heavy atom. The largest absolute Gasteiger partial charge is 0.508 e. The van der Waals surface area contributed by atoms with E-state index in [2.05, 4.69) is 42.0 Å².